The molecule has 0 fully saturated rings. The van der Waals surface area contributed by atoms with E-state index < -0.39 is 12.3 Å². The molecule has 0 spiro atoms. The van der Waals surface area contributed by atoms with Crippen molar-refractivity contribution in [2.45, 2.75) is 6.23 Å². The molecule has 0 aliphatic carbocycles. The van der Waals surface area contributed by atoms with Crippen molar-refractivity contribution < 1.29 is 15.0 Å². The normalized spacial score (nSPS) is 22.4. The lowest BCUT2D eigenvalue weighted by molar-refractivity contribution is 0.135. The zero-order valence-electron chi connectivity index (χ0n) is 7.82. The summed E-state index contributed by atoms with van der Waals surface area (Å²) in [6.07, 6.45) is -1.15. The molecular formula is C7H14N4O3. The molecule has 0 aromatic heterocycles. The number of nitrogens with one attached hydrogen (secondary N) is 2. The van der Waals surface area contributed by atoms with Gasteiger partial charge in [0.05, 0.1) is 6.61 Å². The Morgan fingerprint density at radius 3 is 2.93 bits per heavy atom. The van der Waals surface area contributed by atoms with Crippen LogP contribution in [0.15, 0.2) is 11.5 Å². The van der Waals surface area contributed by atoms with Crippen LogP contribution in [0.25, 0.3) is 0 Å². The molecule has 0 aromatic rings. The van der Waals surface area contributed by atoms with Crippen molar-refractivity contribution in [3.63, 3.8) is 0 Å². The predicted molar refractivity (Wildman–Crippen MR) is 48.6 cm³/mol. The third kappa shape index (κ3) is 1.88. The van der Waals surface area contributed by atoms with Crippen LogP contribution in [0.4, 0.5) is 4.79 Å². The summed E-state index contributed by atoms with van der Waals surface area (Å²) in [5.41, 5.74) is 5.88. The van der Waals surface area contributed by atoms with E-state index in [0.717, 1.165) is 0 Å². The molecule has 0 bridgehead atoms. The van der Waals surface area contributed by atoms with Crippen LogP contribution < -0.4 is 16.4 Å². The Bertz CT molecular complexity index is 266. The van der Waals surface area contributed by atoms with Crippen molar-refractivity contribution in [3.05, 3.63) is 11.5 Å². The van der Waals surface area contributed by atoms with Crippen LogP contribution in [0.1, 0.15) is 0 Å². The number of urea groups is 1. The molecular weight excluding hydrogens is 188 g/mol. The molecule has 1 unspecified atom stereocenters. The highest BCUT2D eigenvalue weighted by Crippen LogP contribution is 2.09. The van der Waals surface area contributed by atoms with Crippen molar-refractivity contribution in [2.24, 2.45) is 5.73 Å². The SMILES string of the molecule is CN1C(=O)NC(O)C(NCCO)=C1N. The van der Waals surface area contributed by atoms with Crippen LogP contribution in [0.3, 0.4) is 0 Å². The van der Waals surface area contributed by atoms with Gasteiger partial charge >= 0.3 is 6.03 Å². The number of carbonyl (C=O) groups excluding carboxylic acids is 1. The van der Waals surface area contributed by atoms with Crippen molar-refractivity contribution in [2.75, 3.05) is 20.2 Å². The number of nitrogens with two attached hydrogens (primary N) is 1. The Morgan fingerprint density at radius 2 is 2.36 bits per heavy atom. The molecule has 1 rings (SSSR count). The first kappa shape index (κ1) is 10.6. The highest BCUT2D eigenvalue weighted by atomic mass is 16.3. The zero-order valence-corrected chi connectivity index (χ0v) is 7.82. The topological polar surface area (TPSA) is 111 Å². The van der Waals surface area contributed by atoms with Crippen LogP contribution >= 0.6 is 0 Å². The lowest BCUT2D eigenvalue weighted by Gasteiger charge is -2.30. The van der Waals surface area contributed by atoms with E-state index >= 15 is 0 Å². The lowest BCUT2D eigenvalue weighted by Crippen LogP contribution is -2.54. The number of hydrogen-bond acceptors (Lipinski definition) is 5. The molecule has 7 heteroatoms. The maximum Gasteiger partial charge on any atom is 0.325 e. The summed E-state index contributed by atoms with van der Waals surface area (Å²) in [4.78, 5) is 12.3. The molecule has 80 valence electrons. The number of aliphatic hydroxyl groups excluding tert-OH is 2. The number of nitrogens with zero attached hydrogens (tertiary/aromatic N) is 1. The van der Waals surface area contributed by atoms with Gasteiger partial charge in [0.1, 0.15) is 11.5 Å². The van der Waals surface area contributed by atoms with Gasteiger partial charge in [-0.25, -0.2) is 4.79 Å². The van der Waals surface area contributed by atoms with Gasteiger partial charge in [0.25, 0.3) is 0 Å². The zero-order chi connectivity index (χ0) is 10.7. The molecule has 1 atom stereocenters. The summed E-state index contributed by atoms with van der Waals surface area (Å²) in [5.74, 6) is 0.148. The average Bonchev–Trinajstić information content (AvgIpc) is 2.14. The molecule has 1 aliphatic rings. The average molecular weight is 202 g/mol. The fraction of sp³-hybridized carbons (Fsp3) is 0.571. The summed E-state index contributed by atoms with van der Waals surface area (Å²) in [5, 5.41) is 23.0. The summed E-state index contributed by atoms with van der Waals surface area (Å²) in [6, 6.07) is -0.468. The largest absolute Gasteiger partial charge is 0.395 e. The highest BCUT2D eigenvalue weighted by Gasteiger charge is 2.27. The van der Waals surface area contributed by atoms with Gasteiger partial charge in [0.2, 0.25) is 0 Å². The number of hydrogen-bond donors (Lipinski definition) is 5. The van der Waals surface area contributed by atoms with Gasteiger partial charge in [-0.15, -0.1) is 0 Å². The van der Waals surface area contributed by atoms with Gasteiger partial charge in [0, 0.05) is 13.6 Å². The van der Waals surface area contributed by atoms with Gasteiger partial charge in [-0.3, -0.25) is 4.90 Å². The second-order valence-electron chi connectivity index (χ2n) is 2.86. The minimum atomic E-state index is -1.15. The number of rotatable bonds is 3. The van der Waals surface area contributed by atoms with E-state index in [4.69, 9.17) is 10.8 Å². The van der Waals surface area contributed by atoms with Crippen LogP contribution in [0.5, 0.6) is 0 Å². The monoisotopic (exact) mass is 202 g/mol. The molecule has 1 heterocycles. The second kappa shape index (κ2) is 4.16. The number of amides is 2. The third-order valence-electron chi connectivity index (χ3n) is 1.90. The number of aliphatic hydroxyl groups is 2. The van der Waals surface area contributed by atoms with E-state index in [1.54, 1.807) is 0 Å². The Hall–Kier alpha value is -1.47. The first-order valence-corrected chi connectivity index (χ1v) is 4.14. The fourth-order valence-corrected chi connectivity index (χ4v) is 1.09. The van der Waals surface area contributed by atoms with Crippen molar-refractivity contribution >= 4 is 6.03 Å². The molecule has 0 radical (unpaired) electrons. The third-order valence-corrected chi connectivity index (χ3v) is 1.90. The van der Waals surface area contributed by atoms with E-state index in [1.165, 1.54) is 11.9 Å². The molecule has 6 N–H and O–H groups in total. The van der Waals surface area contributed by atoms with Crippen LogP contribution in [-0.4, -0.2) is 47.6 Å². The molecule has 0 saturated heterocycles. The highest BCUT2D eigenvalue weighted by molar-refractivity contribution is 5.77. The Labute approximate surface area is 81.2 Å². The van der Waals surface area contributed by atoms with E-state index in [-0.39, 0.29) is 19.0 Å². The Morgan fingerprint density at radius 1 is 1.71 bits per heavy atom. The maximum absolute atomic E-state index is 11.1. The summed E-state index contributed by atoms with van der Waals surface area (Å²) in [6.45, 7) is 0.179. The first-order valence-electron chi connectivity index (χ1n) is 4.14. The van der Waals surface area contributed by atoms with E-state index in [9.17, 15) is 9.90 Å². The van der Waals surface area contributed by atoms with Gasteiger partial charge in [-0.05, 0) is 0 Å². The minimum Gasteiger partial charge on any atom is -0.395 e. The maximum atomic E-state index is 11.1. The van der Waals surface area contributed by atoms with Crippen molar-refractivity contribution in [1.29, 1.82) is 0 Å². The van der Waals surface area contributed by atoms with E-state index in [2.05, 4.69) is 10.6 Å². The van der Waals surface area contributed by atoms with Crippen LogP contribution in [0.2, 0.25) is 0 Å². The van der Waals surface area contributed by atoms with Gasteiger partial charge in [-0.2, -0.15) is 0 Å². The van der Waals surface area contributed by atoms with Crippen LogP contribution in [-0.2, 0) is 0 Å². The quantitative estimate of drug-likeness (QED) is 0.352. The van der Waals surface area contributed by atoms with Gasteiger partial charge < -0.3 is 26.6 Å². The van der Waals surface area contributed by atoms with Gasteiger partial charge in [-0.1, -0.05) is 0 Å². The van der Waals surface area contributed by atoms with Crippen molar-refractivity contribution in [1.82, 2.24) is 15.5 Å². The summed E-state index contributed by atoms with van der Waals surface area (Å²) >= 11 is 0. The molecule has 7 nitrogen and oxygen atoms in total. The Kier molecular flexibility index (Phi) is 3.15. The predicted octanol–water partition coefficient (Wildman–Crippen LogP) is -2.33. The lowest BCUT2D eigenvalue weighted by atomic mass is 10.3. The molecule has 0 aromatic carbocycles. The first-order chi connectivity index (χ1) is 6.57. The summed E-state index contributed by atoms with van der Waals surface area (Å²) < 4.78 is 0. The fourth-order valence-electron chi connectivity index (χ4n) is 1.09. The second-order valence-corrected chi connectivity index (χ2v) is 2.86. The summed E-state index contributed by atoms with van der Waals surface area (Å²) in [7, 11) is 1.48. The van der Waals surface area contributed by atoms with Crippen molar-refractivity contribution in [3.8, 4) is 0 Å². The smallest absolute Gasteiger partial charge is 0.325 e. The molecule has 0 saturated carbocycles. The standard InChI is InChI=1S/C7H14N4O3/c1-11-5(8)4(9-2-3-12)6(13)10-7(11)14/h6,9,12-13H,2-3,8H2,1H3,(H,10,14). The molecule has 14 heavy (non-hydrogen) atoms. The van der Waals surface area contributed by atoms with Crippen LogP contribution in [0, 0.1) is 0 Å². The van der Waals surface area contributed by atoms with E-state index in [1.807, 2.05) is 0 Å². The minimum absolute atomic E-state index is 0.0822. The molecule has 1 aliphatic heterocycles. The Balaban J connectivity index is 2.81. The van der Waals surface area contributed by atoms with E-state index in [0.29, 0.717) is 5.70 Å². The molecule has 2 amide bonds. The van der Waals surface area contributed by atoms with Gasteiger partial charge in [0.15, 0.2) is 6.23 Å². The number of carbonyl (C=O) groups is 1.